The lowest BCUT2D eigenvalue weighted by Gasteiger charge is -2.30. The van der Waals surface area contributed by atoms with E-state index < -0.39 is 0 Å². The second-order valence-electron chi connectivity index (χ2n) is 7.26. The number of rotatable bonds is 5. The number of ether oxygens (including phenoxy) is 2. The Bertz CT molecular complexity index is 1220. The fraction of sp³-hybridized carbons (Fsp3) is 0.217. The van der Waals surface area contributed by atoms with E-state index in [1.807, 2.05) is 53.0 Å². The zero-order valence-electron chi connectivity index (χ0n) is 17.1. The molecule has 0 saturated carbocycles. The standard InChI is InChI=1S/C23H22ClN5O2/c1-30-22-14-18(5-7-21(22)28-9-11-31-12-10-28)26-23-25-15-19-6-8-20(29(19)27-23)16-3-2-4-17(24)13-16/h2-8,13-15H,9-12H2,1H3,(H,26,27). The van der Waals surface area contributed by atoms with Gasteiger partial charge in [0.15, 0.2) is 0 Å². The fourth-order valence-corrected chi connectivity index (χ4v) is 3.97. The van der Waals surface area contributed by atoms with Gasteiger partial charge in [0.2, 0.25) is 5.95 Å². The van der Waals surface area contributed by atoms with Crippen LogP contribution in [-0.4, -0.2) is 48.0 Å². The number of fused-ring (bicyclic) bond motifs is 1. The normalized spacial score (nSPS) is 14.1. The first kappa shape index (κ1) is 19.7. The van der Waals surface area contributed by atoms with Gasteiger partial charge in [0, 0.05) is 35.4 Å². The van der Waals surface area contributed by atoms with Crippen LogP contribution in [0.25, 0.3) is 16.8 Å². The number of morpholine rings is 1. The van der Waals surface area contributed by atoms with Gasteiger partial charge < -0.3 is 19.7 Å². The van der Waals surface area contributed by atoms with Gasteiger partial charge in [0.1, 0.15) is 5.75 Å². The van der Waals surface area contributed by atoms with Gasteiger partial charge in [-0.3, -0.25) is 0 Å². The number of hydrogen-bond donors (Lipinski definition) is 1. The second-order valence-corrected chi connectivity index (χ2v) is 7.69. The summed E-state index contributed by atoms with van der Waals surface area (Å²) in [7, 11) is 1.68. The third kappa shape index (κ3) is 4.02. The predicted octanol–water partition coefficient (Wildman–Crippen LogP) is 4.64. The van der Waals surface area contributed by atoms with Crippen molar-refractivity contribution in [3.63, 3.8) is 0 Å². The van der Waals surface area contributed by atoms with Crippen LogP contribution in [0.1, 0.15) is 0 Å². The molecule has 0 bridgehead atoms. The van der Waals surface area contributed by atoms with Gasteiger partial charge >= 0.3 is 0 Å². The summed E-state index contributed by atoms with van der Waals surface area (Å²) in [5.41, 5.74) is 4.75. The number of hydrogen-bond acceptors (Lipinski definition) is 6. The highest BCUT2D eigenvalue weighted by Crippen LogP contribution is 2.32. The molecule has 8 heteroatoms. The van der Waals surface area contributed by atoms with Gasteiger partial charge in [-0.1, -0.05) is 23.7 Å². The van der Waals surface area contributed by atoms with Crippen molar-refractivity contribution in [2.75, 3.05) is 43.6 Å². The molecule has 0 spiro atoms. The number of halogens is 1. The van der Waals surface area contributed by atoms with Crippen LogP contribution in [0.3, 0.4) is 0 Å². The molecule has 1 aliphatic rings. The van der Waals surface area contributed by atoms with E-state index in [2.05, 4.69) is 26.4 Å². The molecule has 0 atom stereocenters. The summed E-state index contributed by atoms with van der Waals surface area (Å²) in [6.45, 7) is 3.15. The van der Waals surface area contributed by atoms with Crippen LogP contribution in [-0.2, 0) is 4.74 Å². The molecule has 4 aromatic rings. The highest BCUT2D eigenvalue weighted by molar-refractivity contribution is 6.30. The molecule has 7 nitrogen and oxygen atoms in total. The Labute approximate surface area is 185 Å². The van der Waals surface area contributed by atoms with Crippen molar-refractivity contribution in [2.24, 2.45) is 0 Å². The predicted molar refractivity (Wildman–Crippen MR) is 123 cm³/mol. The monoisotopic (exact) mass is 435 g/mol. The zero-order chi connectivity index (χ0) is 21.2. The summed E-state index contributed by atoms with van der Waals surface area (Å²) >= 11 is 6.17. The minimum absolute atomic E-state index is 0.494. The van der Waals surface area contributed by atoms with E-state index in [0.29, 0.717) is 11.0 Å². The highest BCUT2D eigenvalue weighted by atomic mass is 35.5. The summed E-state index contributed by atoms with van der Waals surface area (Å²) in [5.74, 6) is 1.29. The molecule has 0 aliphatic carbocycles. The van der Waals surface area contributed by atoms with Crippen molar-refractivity contribution < 1.29 is 9.47 Å². The topological polar surface area (TPSA) is 63.9 Å². The van der Waals surface area contributed by atoms with Gasteiger partial charge in [0.25, 0.3) is 0 Å². The van der Waals surface area contributed by atoms with E-state index in [-0.39, 0.29) is 0 Å². The molecule has 1 saturated heterocycles. The average Bonchev–Trinajstić information content (AvgIpc) is 3.23. The Balaban J connectivity index is 1.44. The fourth-order valence-electron chi connectivity index (χ4n) is 3.78. The molecule has 2 aromatic carbocycles. The molecular formula is C23H22ClN5O2. The number of nitrogens with one attached hydrogen (secondary N) is 1. The van der Waals surface area contributed by atoms with E-state index in [4.69, 9.17) is 21.1 Å². The maximum absolute atomic E-state index is 6.17. The Kier molecular flexibility index (Phi) is 5.36. The molecule has 0 amide bonds. The first-order valence-corrected chi connectivity index (χ1v) is 10.5. The number of anilines is 3. The SMILES string of the molecule is COc1cc(Nc2ncc3ccc(-c4cccc(Cl)c4)n3n2)ccc1N1CCOCC1. The van der Waals surface area contributed by atoms with Gasteiger partial charge in [-0.25, -0.2) is 9.50 Å². The minimum atomic E-state index is 0.494. The van der Waals surface area contributed by atoms with Crippen molar-refractivity contribution in [2.45, 2.75) is 0 Å². The minimum Gasteiger partial charge on any atom is -0.495 e. The number of benzene rings is 2. The lowest BCUT2D eigenvalue weighted by molar-refractivity contribution is 0.122. The van der Waals surface area contributed by atoms with E-state index in [9.17, 15) is 0 Å². The van der Waals surface area contributed by atoms with Crippen LogP contribution in [0.5, 0.6) is 5.75 Å². The molecule has 3 heterocycles. The average molecular weight is 436 g/mol. The third-order valence-electron chi connectivity index (χ3n) is 5.31. The molecule has 1 N–H and O–H groups in total. The molecule has 0 radical (unpaired) electrons. The van der Waals surface area contributed by atoms with Crippen molar-refractivity contribution in [1.29, 1.82) is 0 Å². The van der Waals surface area contributed by atoms with Crippen molar-refractivity contribution >= 4 is 34.4 Å². The molecule has 5 rings (SSSR count). The molecule has 0 unspecified atom stereocenters. The van der Waals surface area contributed by atoms with Gasteiger partial charge in [0.05, 0.1) is 43.4 Å². The van der Waals surface area contributed by atoms with Crippen LogP contribution >= 0.6 is 11.6 Å². The Morgan fingerprint density at radius 3 is 2.74 bits per heavy atom. The Morgan fingerprint density at radius 1 is 1.06 bits per heavy atom. The Hall–Kier alpha value is -3.29. The molecule has 2 aromatic heterocycles. The van der Waals surface area contributed by atoms with Crippen LogP contribution in [0.2, 0.25) is 5.02 Å². The van der Waals surface area contributed by atoms with E-state index >= 15 is 0 Å². The third-order valence-corrected chi connectivity index (χ3v) is 5.54. The largest absolute Gasteiger partial charge is 0.495 e. The maximum Gasteiger partial charge on any atom is 0.245 e. The van der Waals surface area contributed by atoms with E-state index in [0.717, 1.165) is 60.2 Å². The number of aromatic nitrogens is 3. The molecule has 31 heavy (non-hydrogen) atoms. The maximum atomic E-state index is 6.17. The van der Waals surface area contributed by atoms with Crippen molar-refractivity contribution in [3.05, 3.63) is 65.8 Å². The van der Waals surface area contributed by atoms with Gasteiger partial charge in [-0.2, -0.15) is 0 Å². The van der Waals surface area contributed by atoms with E-state index in [1.165, 1.54) is 0 Å². The molecule has 1 aliphatic heterocycles. The first-order chi connectivity index (χ1) is 15.2. The summed E-state index contributed by atoms with van der Waals surface area (Å²) in [6, 6.07) is 17.8. The number of methoxy groups -OCH3 is 1. The summed E-state index contributed by atoms with van der Waals surface area (Å²) in [6.07, 6.45) is 1.79. The first-order valence-electron chi connectivity index (χ1n) is 10.1. The summed E-state index contributed by atoms with van der Waals surface area (Å²) in [4.78, 5) is 6.73. The highest BCUT2D eigenvalue weighted by Gasteiger charge is 2.16. The second kappa shape index (κ2) is 8.45. The molecule has 1 fully saturated rings. The van der Waals surface area contributed by atoms with Crippen molar-refractivity contribution in [1.82, 2.24) is 14.6 Å². The summed E-state index contributed by atoms with van der Waals surface area (Å²) in [5, 5.41) is 8.66. The zero-order valence-corrected chi connectivity index (χ0v) is 17.8. The van der Waals surface area contributed by atoms with Crippen LogP contribution in [0.15, 0.2) is 60.8 Å². The van der Waals surface area contributed by atoms with Crippen molar-refractivity contribution in [3.8, 4) is 17.0 Å². The van der Waals surface area contributed by atoms with E-state index in [1.54, 1.807) is 13.3 Å². The lowest BCUT2D eigenvalue weighted by atomic mass is 10.2. The Morgan fingerprint density at radius 2 is 1.94 bits per heavy atom. The lowest BCUT2D eigenvalue weighted by Crippen LogP contribution is -2.36. The quantitative estimate of drug-likeness (QED) is 0.492. The molecular weight excluding hydrogens is 414 g/mol. The van der Waals surface area contributed by atoms with Crippen LogP contribution in [0, 0.1) is 0 Å². The summed E-state index contributed by atoms with van der Waals surface area (Å²) < 4.78 is 13.0. The smallest absolute Gasteiger partial charge is 0.245 e. The van der Waals surface area contributed by atoms with Gasteiger partial charge in [-0.05, 0) is 36.4 Å². The van der Waals surface area contributed by atoms with Crippen LogP contribution in [0.4, 0.5) is 17.3 Å². The number of nitrogens with zero attached hydrogens (tertiary/aromatic N) is 4. The van der Waals surface area contributed by atoms with Gasteiger partial charge in [-0.15, -0.1) is 5.10 Å². The molecule has 158 valence electrons. The van der Waals surface area contributed by atoms with Crippen LogP contribution < -0.4 is 15.0 Å².